The van der Waals surface area contributed by atoms with Gasteiger partial charge in [0.05, 0.1) is 0 Å². The molecule has 0 bridgehead atoms. The van der Waals surface area contributed by atoms with Crippen molar-refractivity contribution in [3.8, 4) is 0 Å². The largest absolute Gasteiger partial charge is 0.342 e. The topological polar surface area (TPSA) is 67.2 Å². The molecule has 1 aliphatic rings. The summed E-state index contributed by atoms with van der Waals surface area (Å²) in [6.45, 7) is 5.58. The van der Waals surface area contributed by atoms with Crippen LogP contribution in [-0.2, 0) is 17.8 Å². The van der Waals surface area contributed by atoms with E-state index in [4.69, 9.17) is 0 Å². The zero-order valence-corrected chi connectivity index (χ0v) is 15.5. The van der Waals surface area contributed by atoms with Crippen LogP contribution >= 0.6 is 0 Å². The molecule has 2 heterocycles. The van der Waals surface area contributed by atoms with E-state index in [0.29, 0.717) is 11.6 Å². The summed E-state index contributed by atoms with van der Waals surface area (Å²) in [7, 11) is 0. The third-order valence-corrected chi connectivity index (χ3v) is 4.73. The van der Waals surface area contributed by atoms with Crippen LogP contribution in [-0.4, -0.2) is 28.5 Å². The zero-order chi connectivity index (χ0) is 18.5. The highest BCUT2D eigenvalue weighted by atomic mass is 16.2. The standard InChI is InChI=1S/C20H26N4O2/c1-3-16-9-5-6-10-17(16)22-18(25)14-24-19(26)13-15(2)21-20(24)23-11-7-4-8-12-23/h5-6,9-10,13H,3-4,7-8,11-12,14H2,1-2H3,(H,22,25). The summed E-state index contributed by atoms with van der Waals surface area (Å²) in [5, 5.41) is 2.94. The number of carbonyl (C=O) groups excluding carboxylic acids is 1. The number of aryl methyl sites for hydroxylation is 2. The Balaban J connectivity index is 1.84. The average Bonchev–Trinajstić information content (AvgIpc) is 2.65. The van der Waals surface area contributed by atoms with Gasteiger partial charge in [0.15, 0.2) is 0 Å². The van der Waals surface area contributed by atoms with Crippen molar-refractivity contribution in [3.05, 3.63) is 51.9 Å². The Morgan fingerprint density at radius 3 is 2.65 bits per heavy atom. The Bertz CT molecular complexity index is 838. The third kappa shape index (κ3) is 4.12. The van der Waals surface area contributed by atoms with E-state index in [-0.39, 0.29) is 18.0 Å². The first-order valence-corrected chi connectivity index (χ1v) is 9.29. The minimum atomic E-state index is -0.211. The molecule has 2 aromatic rings. The monoisotopic (exact) mass is 354 g/mol. The number of nitrogens with zero attached hydrogens (tertiary/aromatic N) is 3. The Morgan fingerprint density at radius 2 is 1.92 bits per heavy atom. The van der Waals surface area contributed by atoms with Crippen LogP contribution in [0.2, 0.25) is 0 Å². The number of amides is 1. The first-order chi connectivity index (χ1) is 12.6. The van der Waals surface area contributed by atoms with Gasteiger partial charge in [0.25, 0.3) is 5.56 Å². The van der Waals surface area contributed by atoms with E-state index in [1.54, 1.807) is 0 Å². The number of rotatable bonds is 5. The Labute approximate surface area is 153 Å². The van der Waals surface area contributed by atoms with Crippen molar-refractivity contribution in [2.75, 3.05) is 23.3 Å². The third-order valence-electron chi connectivity index (χ3n) is 4.73. The molecule has 1 fully saturated rings. The molecule has 138 valence electrons. The molecule has 0 atom stereocenters. The normalized spacial score (nSPS) is 14.3. The Kier molecular flexibility index (Phi) is 5.71. The number of piperidine rings is 1. The summed E-state index contributed by atoms with van der Waals surface area (Å²) in [6, 6.07) is 9.22. The van der Waals surface area contributed by atoms with Gasteiger partial charge in [0, 0.05) is 30.5 Å². The number of aromatic nitrogens is 2. The number of para-hydroxylation sites is 1. The number of hydrogen-bond donors (Lipinski definition) is 1. The number of hydrogen-bond acceptors (Lipinski definition) is 4. The number of carbonyl (C=O) groups is 1. The lowest BCUT2D eigenvalue weighted by Gasteiger charge is -2.29. The van der Waals surface area contributed by atoms with Gasteiger partial charge < -0.3 is 10.2 Å². The molecule has 0 spiro atoms. The highest BCUT2D eigenvalue weighted by molar-refractivity contribution is 5.91. The van der Waals surface area contributed by atoms with E-state index in [1.165, 1.54) is 17.1 Å². The van der Waals surface area contributed by atoms with E-state index in [0.717, 1.165) is 43.6 Å². The van der Waals surface area contributed by atoms with Crippen LogP contribution in [0.3, 0.4) is 0 Å². The molecule has 26 heavy (non-hydrogen) atoms. The Morgan fingerprint density at radius 1 is 1.19 bits per heavy atom. The van der Waals surface area contributed by atoms with E-state index in [1.807, 2.05) is 38.1 Å². The molecule has 1 saturated heterocycles. The van der Waals surface area contributed by atoms with Crippen molar-refractivity contribution >= 4 is 17.5 Å². The van der Waals surface area contributed by atoms with E-state index >= 15 is 0 Å². The summed E-state index contributed by atoms with van der Waals surface area (Å²) < 4.78 is 1.49. The zero-order valence-electron chi connectivity index (χ0n) is 15.5. The molecule has 3 rings (SSSR count). The van der Waals surface area contributed by atoms with Gasteiger partial charge in [-0.3, -0.25) is 14.2 Å². The second-order valence-corrected chi connectivity index (χ2v) is 6.73. The lowest BCUT2D eigenvalue weighted by molar-refractivity contribution is -0.116. The van der Waals surface area contributed by atoms with Crippen molar-refractivity contribution in [3.63, 3.8) is 0 Å². The Hall–Kier alpha value is -2.63. The van der Waals surface area contributed by atoms with Gasteiger partial charge in [-0.05, 0) is 44.2 Å². The minimum Gasteiger partial charge on any atom is -0.342 e. The summed E-state index contributed by atoms with van der Waals surface area (Å²) in [6.07, 6.45) is 4.20. The summed E-state index contributed by atoms with van der Waals surface area (Å²) >= 11 is 0. The fourth-order valence-corrected chi connectivity index (χ4v) is 3.37. The molecule has 6 heteroatoms. The van der Waals surface area contributed by atoms with Gasteiger partial charge in [-0.1, -0.05) is 25.1 Å². The molecule has 6 nitrogen and oxygen atoms in total. The first kappa shape index (κ1) is 18.2. The van der Waals surface area contributed by atoms with Gasteiger partial charge in [-0.15, -0.1) is 0 Å². The average molecular weight is 354 g/mol. The molecule has 0 saturated carbocycles. The van der Waals surface area contributed by atoms with Crippen molar-refractivity contribution in [1.29, 1.82) is 0 Å². The van der Waals surface area contributed by atoms with Gasteiger partial charge in [0.1, 0.15) is 6.54 Å². The maximum Gasteiger partial charge on any atom is 0.255 e. The lowest BCUT2D eigenvalue weighted by Crippen LogP contribution is -2.38. The SMILES string of the molecule is CCc1ccccc1NC(=O)Cn1c(N2CCCCC2)nc(C)cc1=O. The summed E-state index contributed by atoms with van der Waals surface area (Å²) in [5.74, 6) is 0.394. The smallest absolute Gasteiger partial charge is 0.255 e. The number of benzene rings is 1. The highest BCUT2D eigenvalue weighted by Crippen LogP contribution is 2.18. The van der Waals surface area contributed by atoms with Crippen LogP contribution < -0.4 is 15.8 Å². The molecule has 1 amide bonds. The van der Waals surface area contributed by atoms with Crippen LogP contribution in [0.4, 0.5) is 11.6 Å². The summed E-state index contributed by atoms with van der Waals surface area (Å²) in [5.41, 5.74) is 2.37. The quantitative estimate of drug-likeness (QED) is 0.896. The molecule has 1 aliphatic heterocycles. The van der Waals surface area contributed by atoms with Crippen molar-refractivity contribution < 1.29 is 4.79 Å². The van der Waals surface area contributed by atoms with E-state index in [9.17, 15) is 9.59 Å². The summed E-state index contributed by atoms with van der Waals surface area (Å²) in [4.78, 5) is 31.8. The van der Waals surface area contributed by atoms with Crippen LogP contribution in [0.5, 0.6) is 0 Å². The van der Waals surface area contributed by atoms with Gasteiger partial charge in [-0.25, -0.2) is 4.98 Å². The minimum absolute atomic E-state index is 0.0318. The first-order valence-electron chi connectivity index (χ1n) is 9.29. The molecule has 0 unspecified atom stereocenters. The van der Waals surface area contributed by atoms with E-state index in [2.05, 4.69) is 15.2 Å². The van der Waals surface area contributed by atoms with Gasteiger partial charge >= 0.3 is 0 Å². The van der Waals surface area contributed by atoms with Crippen LogP contribution in [0.1, 0.15) is 37.4 Å². The molecule has 0 aliphatic carbocycles. The molecule has 1 aromatic carbocycles. The lowest BCUT2D eigenvalue weighted by atomic mass is 10.1. The van der Waals surface area contributed by atoms with Gasteiger partial charge in [0.2, 0.25) is 11.9 Å². The predicted molar refractivity (Wildman–Crippen MR) is 104 cm³/mol. The molecule has 1 N–H and O–H groups in total. The maximum absolute atomic E-state index is 12.6. The molecule has 1 aromatic heterocycles. The van der Waals surface area contributed by atoms with Gasteiger partial charge in [-0.2, -0.15) is 0 Å². The maximum atomic E-state index is 12.6. The van der Waals surface area contributed by atoms with Crippen molar-refractivity contribution in [2.45, 2.75) is 46.1 Å². The number of nitrogens with one attached hydrogen (secondary N) is 1. The fourth-order valence-electron chi connectivity index (χ4n) is 3.37. The second-order valence-electron chi connectivity index (χ2n) is 6.73. The molecular formula is C20H26N4O2. The van der Waals surface area contributed by atoms with Crippen molar-refractivity contribution in [1.82, 2.24) is 9.55 Å². The predicted octanol–water partition coefficient (Wildman–Crippen LogP) is 2.74. The highest BCUT2D eigenvalue weighted by Gasteiger charge is 2.19. The number of anilines is 2. The van der Waals surface area contributed by atoms with Crippen LogP contribution in [0, 0.1) is 6.92 Å². The molecule has 0 radical (unpaired) electrons. The van der Waals surface area contributed by atoms with Crippen molar-refractivity contribution in [2.24, 2.45) is 0 Å². The second kappa shape index (κ2) is 8.17. The van der Waals surface area contributed by atoms with Crippen LogP contribution in [0.15, 0.2) is 35.1 Å². The fraction of sp³-hybridized carbons (Fsp3) is 0.450. The van der Waals surface area contributed by atoms with Crippen LogP contribution in [0.25, 0.3) is 0 Å². The molecular weight excluding hydrogens is 328 g/mol. The van der Waals surface area contributed by atoms with E-state index < -0.39 is 0 Å².